The summed E-state index contributed by atoms with van der Waals surface area (Å²) in [5.74, 6) is -1.14. The third-order valence-electron chi connectivity index (χ3n) is 6.04. The first-order chi connectivity index (χ1) is 15.5. The standard InChI is InChI=1S/C28H30N2O2/c1-4-21-10-12-22(13-11-21)16-29-17-25-24-14-7-20(3)15-26(24)30(27(25)28(31)32)18-23-8-5-19(2)6-9-23/h5-15,29H,4,16-18H2,1-3H3,(H,31,32)/p-1. The zero-order valence-electron chi connectivity index (χ0n) is 18.9. The number of hydrogen-bond donors (Lipinski definition) is 1. The third kappa shape index (κ3) is 4.61. The Hall–Kier alpha value is -3.37. The second-order valence-corrected chi connectivity index (χ2v) is 8.48. The van der Waals surface area contributed by atoms with E-state index in [-0.39, 0.29) is 5.69 Å². The smallest absolute Gasteiger partial charge is 0.0884 e. The summed E-state index contributed by atoms with van der Waals surface area (Å²) >= 11 is 0. The molecule has 0 fully saturated rings. The van der Waals surface area contributed by atoms with Crippen LogP contribution in [0.4, 0.5) is 0 Å². The number of benzene rings is 3. The molecule has 4 rings (SSSR count). The molecular weight excluding hydrogens is 396 g/mol. The molecule has 0 atom stereocenters. The summed E-state index contributed by atoms with van der Waals surface area (Å²) in [5, 5.41) is 16.7. The third-order valence-corrected chi connectivity index (χ3v) is 6.04. The van der Waals surface area contributed by atoms with Crippen LogP contribution in [0.15, 0.2) is 66.7 Å². The number of carboxylic acid groups (broad SMARTS) is 1. The fourth-order valence-corrected chi connectivity index (χ4v) is 4.21. The fraction of sp³-hybridized carbons (Fsp3) is 0.250. The summed E-state index contributed by atoms with van der Waals surface area (Å²) in [7, 11) is 0. The van der Waals surface area contributed by atoms with Crippen LogP contribution >= 0.6 is 0 Å². The zero-order valence-corrected chi connectivity index (χ0v) is 18.9. The molecule has 1 aromatic heterocycles. The quantitative estimate of drug-likeness (QED) is 0.451. The first-order valence-electron chi connectivity index (χ1n) is 11.1. The molecule has 0 saturated heterocycles. The summed E-state index contributed by atoms with van der Waals surface area (Å²) in [6, 6.07) is 22.8. The van der Waals surface area contributed by atoms with Gasteiger partial charge in [-0.2, -0.15) is 0 Å². The average molecular weight is 426 g/mol. The number of nitrogens with zero attached hydrogens (tertiary/aromatic N) is 1. The fourth-order valence-electron chi connectivity index (χ4n) is 4.21. The molecular formula is C28H29N2O2-. The Morgan fingerprint density at radius 1 is 0.844 bits per heavy atom. The van der Waals surface area contributed by atoms with Gasteiger partial charge in [-0.3, -0.25) is 0 Å². The predicted molar refractivity (Wildman–Crippen MR) is 128 cm³/mol. The largest absolute Gasteiger partial charge is 0.543 e. The van der Waals surface area contributed by atoms with Gasteiger partial charge in [-0.15, -0.1) is 0 Å². The molecule has 0 radical (unpaired) electrons. The molecule has 0 spiro atoms. The van der Waals surface area contributed by atoms with Gasteiger partial charge in [0.15, 0.2) is 0 Å². The molecule has 32 heavy (non-hydrogen) atoms. The van der Waals surface area contributed by atoms with Crippen molar-refractivity contribution in [2.24, 2.45) is 0 Å². The highest BCUT2D eigenvalue weighted by Crippen LogP contribution is 2.28. The van der Waals surface area contributed by atoms with Crippen LogP contribution in [0.1, 0.15) is 50.8 Å². The van der Waals surface area contributed by atoms with Crippen molar-refractivity contribution < 1.29 is 9.90 Å². The number of aromatic carboxylic acids is 1. The van der Waals surface area contributed by atoms with Gasteiger partial charge in [0.25, 0.3) is 0 Å². The lowest BCUT2D eigenvalue weighted by atomic mass is 10.1. The van der Waals surface area contributed by atoms with Crippen molar-refractivity contribution in [3.63, 3.8) is 0 Å². The van der Waals surface area contributed by atoms with E-state index in [0.717, 1.165) is 34.0 Å². The number of rotatable bonds is 8. The van der Waals surface area contributed by atoms with E-state index in [0.29, 0.717) is 19.6 Å². The number of aromatic nitrogens is 1. The molecule has 4 aromatic rings. The highest BCUT2D eigenvalue weighted by atomic mass is 16.4. The molecule has 1 heterocycles. The van der Waals surface area contributed by atoms with Crippen molar-refractivity contribution in [2.45, 2.75) is 46.8 Å². The van der Waals surface area contributed by atoms with Gasteiger partial charge in [-0.25, -0.2) is 0 Å². The van der Waals surface area contributed by atoms with E-state index in [1.165, 1.54) is 16.7 Å². The first kappa shape index (κ1) is 21.8. The minimum absolute atomic E-state index is 0.250. The van der Waals surface area contributed by atoms with Crippen LogP contribution in [0.3, 0.4) is 0 Å². The molecule has 3 aromatic carbocycles. The number of fused-ring (bicyclic) bond motifs is 1. The SMILES string of the molecule is CCc1ccc(CNCc2c(C(=O)[O-])n(Cc3ccc(C)cc3)c3cc(C)ccc23)cc1. The van der Waals surface area contributed by atoms with Crippen molar-refractivity contribution in [2.75, 3.05) is 0 Å². The molecule has 0 amide bonds. The van der Waals surface area contributed by atoms with Crippen molar-refractivity contribution >= 4 is 16.9 Å². The second-order valence-electron chi connectivity index (χ2n) is 8.48. The highest BCUT2D eigenvalue weighted by Gasteiger charge is 2.18. The summed E-state index contributed by atoms with van der Waals surface area (Å²) < 4.78 is 1.88. The van der Waals surface area contributed by atoms with Gasteiger partial charge in [0.1, 0.15) is 0 Å². The van der Waals surface area contributed by atoms with E-state index in [4.69, 9.17) is 0 Å². The van der Waals surface area contributed by atoms with Crippen molar-refractivity contribution in [3.05, 3.63) is 106 Å². The van der Waals surface area contributed by atoms with Gasteiger partial charge in [-0.05, 0) is 48.6 Å². The Morgan fingerprint density at radius 2 is 1.47 bits per heavy atom. The van der Waals surface area contributed by atoms with Crippen LogP contribution in [0.5, 0.6) is 0 Å². The molecule has 0 aliphatic rings. The molecule has 0 aliphatic heterocycles. The first-order valence-corrected chi connectivity index (χ1v) is 11.1. The lowest BCUT2D eigenvalue weighted by Gasteiger charge is -2.14. The lowest BCUT2D eigenvalue weighted by Crippen LogP contribution is -2.28. The number of carboxylic acids is 1. The van der Waals surface area contributed by atoms with Gasteiger partial charge in [-0.1, -0.05) is 73.2 Å². The van der Waals surface area contributed by atoms with Crippen molar-refractivity contribution in [1.29, 1.82) is 0 Å². The molecule has 0 aliphatic carbocycles. The molecule has 4 heteroatoms. The number of nitrogens with one attached hydrogen (secondary N) is 1. The second kappa shape index (κ2) is 9.41. The number of carbonyl (C=O) groups is 1. The summed E-state index contributed by atoms with van der Waals surface area (Å²) in [6.45, 7) is 7.83. The molecule has 0 bridgehead atoms. The average Bonchev–Trinajstić information content (AvgIpc) is 3.08. The predicted octanol–water partition coefficient (Wildman–Crippen LogP) is 4.52. The number of aryl methyl sites for hydroxylation is 3. The van der Waals surface area contributed by atoms with Gasteiger partial charge < -0.3 is 19.8 Å². The van der Waals surface area contributed by atoms with Crippen LogP contribution < -0.4 is 10.4 Å². The zero-order chi connectivity index (χ0) is 22.7. The molecule has 0 unspecified atom stereocenters. The van der Waals surface area contributed by atoms with E-state index in [1.807, 2.05) is 42.7 Å². The minimum Gasteiger partial charge on any atom is -0.543 e. The Kier molecular flexibility index (Phi) is 6.42. The van der Waals surface area contributed by atoms with E-state index in [9.17, 15) is 9.90 Å². The van der Waals surface area contributed by atoms with Crippen LogP contribution in [-0.2, 0) is 26.1 Å². The van der Waals surface area contributed by atoms with Gasteiger partial charge in [0.05, 0.1) is 11.7 Å². The maximum absolute atomic E-state index is 12.3. The maximum Gasteiger partial charge on any atom is 0.0884 e. The van der Waals surface area contributed by atoms with Crippen LogP contribution in [0.2, 0.25) is 0 Å². The van der Waals surface area contributed by atoms with E-state index < -0.39 is 5.97 Å². The summed E-state index contributed by atoms with van der Waals surface area (Å²) in [5.41, 5.74) is 7.77. The van der Waals surface area contributed by atoms with E-state index in [1.54, 1.807) is 0 Å². The van der Waals surface area contributed by atoms with Crippen LogP contribution in [0, 0.1) is 13.8 Å². The number of carbonyl (C=O) groups excluding carboxylic acids is 1. The molecule has 1 N–H and O–H groups in total. The minimum atomic E-state index is -1.14. The summed E-state index contributed by atoms with van der Waals surface area (Å²) in [4.78, 5) is 12.3. The van der Waals surface area contributed by atoms with E-state index >= 15 is 0 Å². The Balaban J connectivity index is 1.68. The van der Waals surface area contributed by atoms with Crippen LogP contribution in [0.25, 0.3) is 10.9 Å². The highest BCUT2D eigenvalue weighted by molar-refractivity contribution is 5.97. The lowest BCUT2D eigenvalue weighted by molar-refractivity contribution is -0.255. The number of hydrogen-bond acceptors (Lipinski definition) is 3. The van der Waals surface area contributed by atoms with E-state index in [2.05, 4.69) is 54.7 Å². The Bertz CT molecular complexity index is 1240. The molecule has 4 nitrogen and oxygen atoms in total. The molecule has 164 valence electrons. The van der Waals surface area contributed by atoms with Crippen molar-refractivity contribution in [1.82, 2.24) is 9.88 Å². The van der Waals surface area contributed by atoms with Crippen LogP contribution in [-0.4, -0.2) is 10.5 Å². The van der Waals surface area contributed by atoms with Gasteiger partial charge in [0.2, 0.25) is 0 Å². The maximum atomic E-state index is 12.3. The summed E-state index contributed by atoms with van der Waals surface area (Å²) in [6.07, 6.45) is 1.02. The molecule has 0 saturated carbocycles. The Labute approximate surface area is 189 Å². The Morgan fingerprint density at radius 3 is 2.12 bits per heavy atom. The normalized spacial score (nSPS) is 11.2. The topological polar surface area (TPSA) is 57.1 Å². The van der Waals surface area contributed by atoms with Gasteiger partial charge >= 0.3 is 0 Å². The van der Waals surface area contributed by atoms with Gasteiger partial charge in [0, 0.05) is 36.1 Å². The van der Waals surface area contributed by atoms with Crippen molar-refractivity contribution in [3.8, 4) is 0 Å². The monoisotopic (exact) mass is 425 g/mol.